The highest BCUT2D eigenvalue weighted by Crippen LogP contribution is 2.39. The van der Waals surface area contributed by atoms with Gasteiger partial charge in [0.15, 0.2) is 0 Å². The number of azo groups is 1. The van der Waals surface area contributed by atoms with Crippen LogP contribution in [0.3, 0.4) is 0 Å². The zero-order valence-corrected chi connectivity index (χ0v) is 19.6. The van der Waals surface area contributed by atoms with E-state index >= 15 is 0 Å². The smallest absolute Gasteiger partial charge is 0.266 e. The highest BCUT2D eigenvalue weighted by Gasteiger charge is 2.37. The molecule has 1 aliphatic heterocycles. The van der Waals surface area contributed by atoms with Gasteiger partial charge in [-0.25, -0.2) is 0 Å². The molecule has 5 nitrogen and oxygen atoms in total. The molecule has 166 valence electrons. The second kappa shape index (κ2) is 9.45. The number of aromatic hydroxyl groups is 1. The van der Waals surface area contributed by atoms with Crippen molar-refractivity contribution in [2.75, 3.05) is 0 Å². The standard InChI is InChI=1S/C26H23N3O2S2/c30-23-14-13-19(27-28-22-12-6-8-17-7-4-5-11-21(17)22)15-18(23)16-24-25(31)29(26(32)33-24)20-9-2-1-3-10-20/h4-8,11-16,20,30H,1-3,9-10H2/b24-16-,28-27?. The Bertz CT molecular complexity index is 1290. The fourth-order valence-electron chi connectivity index (χ4n) is 4.40. The Labute approximate surface area is 202 Å². The highest BCUT2D eigenvalue weighted by atomic mass is 32.2. The third kappa shape index (κ3) is 4.56. The van der Waals surface area contributed by atoms with Gasteiger partial charge in [0.05, 0.1) is 16.3 Å². The Morgan fingerprint density at radius 1 is 1.00 bits per heavy atom. The third-order valence-electron chi connectivity index (χ3n) is 6.10. The molecule has 1 amide bonds. The molecule has 1 N–H and O–H groups in total. The predicted molar refractivity (Wildman–Crippen MR) is 138 cm³/mol. The molecule has 1 saturated heterocycles. The van der Waals surface area contributed by atoms with E-state index < -0.39 is 0 Å². The average Bonchev–Trinajstić information content (AvgIpc) is 3.12. The second-order valence-electron chi connectivity index (χ2n) is 8.28. The van der Waals surface area contributed by atoms with Gasteiger partial charge in [-0.05, 0) is 48.6 Å². The number of phenolic OH excluding ortho intramolecular Hbond substituents is 1. The minimum absolute atomic E-state index is 0.0703. The summed E-state index contributed by atoms with van der Waals surface area (Å²) in [5.41, 5.74) is 1.89. The number of carbonyl (C=O) groups is 1. The molecular formula is C26H23N3O2S2. The van der Waals surface area contributed by atoms with E-state index in [4.69, 9.17) is 12.2 Å². The molecule has 0 spiro atoms. The zero-order chi connectivity index (χ0) is 22.8. The lowest BCUT2D eigenvalue weighted by molar-refractivity contribution is -0.124. The number of rotatable bonds is 4. The number of thiocarbonyl (C=S) groups is 1. The number of thioether (sulfide) groups is 1. The van der Waals surface area contributed by atoms with Crippen molar-refractivity contribution in [3.63, 3.8) is 0 Å². The van der Waals surface area contributed by atoms with Crippen molar-refractivity contribution < 1.29 is 9.90 Å². The van der Waals surface area contributed by atoms with Crippen molar-refractivity contribution >= 4 is 62.4 Å². The first-order valence-corrected chi connectivity index (χ1v) is 12.3. The summed E-state index contributed by atoms with van der Waals surface area (Å²) in [4.78, 5) is 15.4. The van der Waals surface area contributed by atoms with Crippen LogP contribution in [0.1, 0.15) is 37.7 Å². The van der Waals surface area contributed by atoms with E-state index in [0.717, 1.165) is 42.1 Å². The summed E-state index contributed by atoms with van der Waals surface area (Å²) in [6, 6.07) is 19.1. The Morgan fingerprint density at radius 3 is 2.64 bits per heavy atom. The van der Waals surface area contributed by atoms with Crippen LogP contribution < -0.4 is 0 Å². The molecule has 0 bridgehead atoms. The molecule has 0 radical (unpaired) electrons. The SMILES string of the molecule is O=C1/C(=C/c2cc(N=Nc3cccc4ccccc34)ccc2O)SC(=S)N1C1CCCCC1. The van der Waals surface area contributed by atoms with Crippen LogP contribution in [0.4, 0.5) is 11.4 Å². The molecule has 1 heterocycles. The quantitative estimate of drug-likeness (QED) is 0.242. The molecule has 0 atom stereocenters. The number of phenols is 1. The number of benzene rings is 3. The van der Waals surface area contributed by atoms with Gasteiger partial charge in [0.2, 0.25) is 0 Å². The molecule has 3 aromatic rings. The van der Waals surface area contributed by atoms with Crippen LogP contribution in [0.2, 0.25) is 0 Å². The molecule has 33 heavy (non-hydrogen) atoms. The van der Waals surface area contributed by atoms with E-state index in [1.807, 2.05) is 42.5 Å². The first-order chi connectivity index (χ1) is 16.1. The Morgan fingerprint density at radius 2 is 1.79 bits per heavy atom. The summed E-state index contributed by atoms with van der Waals surface area (Å²) in [5, 5.41) is 21.3. The molecule has 7 heteroatoms. The number of fused-ring (bicyclic) bond motifs is 1. The van der Waals surface area contributed by atoms with E-state index in [0.29, 0.717) is 20.5 Å². The number of carbonyl (C=O) groups excluding carboxylic acids is 1. The summed E-state index contributed by atoms with van der Waals surface area (Å²) >= 11 is 6.82. The van der Waals surface area contributed by atoms with Gasteiger partial charge in [0, 0.05) is 17.0 Å². The molecule has 3 aromatic carbocycles. The Kier molecular flexibility index (Phi) is 6.24. The van der Waals surface area contributed by atoms with E-state index in [-0.39, 0.29) is 17.7 Å². The van der Waals surface area contributed by atoms with Crippen molar-refractivity contribution in [2.24, 2.45) is 10.2 Å². The maximum Gasteiger partial charge on any atom is 0.266 e. The normalized spacial score (nSPS) is 18.8. The largest absolute Gasteiger partial charge is 0.507 e. The lowest BCUT2D eigenvalue weighted by Crippen LogP contribution is -2.39. The summed E-state index contributed by atoms with van der Waals surface area (Å²) in [7, 11) is 0. The van der Waals surface area contributed by atoms with Gasteiger partial charge in [0.1, 0.15) is 10.1 Å². The maximum absolute atomic E-state index is 13.1. The number of hydrogen-bond acceptors (Lipinski definition) is 6. The Hall–Kier alpha value is -3.03. The number of nitrogens with zero attached hydrogens (tertiary/aromatic N) is 3. The lowest BCUT2D eigenvalue weighted by atomic mass is 9.94. The molecule has 0 aromatic heterocycles. The molecule has 1 aliphatic carbocycles. The average molecular weight is 474 g/mol. The fourth-order valence-corrected chi connectivity index (χ4v) is 5.79. The van der Waals surface area contributed by atoms with E-state index in [2.05, 4.69) is 10.2 Å². The van der Waals surface area contributed by atoms with E-state index in [9.17, 15) is 9.90 Å². The Balaban J connectivity index is 1.41. The van der Waals surface area contributed by atoms with E-state index in [1.54, 1.807) is 29.2 Å². The molecular weight excluding hydrogens is 450 g/mol. The minimum atomic E-state index is -0.0703. The zero-order valence-electron chi connectivity index (χ0n) is 18.0. The summed E-state index contributed by atoms with van der Waals surface area (Å²) in [6.45, 7) is 0. The number of amides is 1. The van der Waals surface area contributed by atoms with Gasteiger partial charge in [-0.1, -0.05) is 79.6 Å². The van der Waals surface area contributed by atoms with Gasteiger partial charge < -0.3 is 5.11 Å². The first-order valence-electron chi connectivity index (χ1n) is 11.1. The van der Waals surface area contributed by atoms with Crippen LogP contribution in [0.5, 0.6) is 5.75 Å². The summed E-state index contributed by atoms with van der Waals surface area (Å²) < 4.78 is 0.601. The topological polar surface area (TPSA) is 65.3 Å². The number of hydrogen-bond donors (Lipinski definition) is 1. The summed E-state index contributed by atoms with van der Waals surface area (Å²) in [6.07, 6.45) is 7.17. The monoisotopic (exact) mass is 473 g/mol. The third-order valence-corrected chi connectivity index (χ3v) is 7.43. The maximum atomic E-state index is 13.1. The van der Waals surface area contributed by atoms with Crippen LogP contribution in [-0.2, 0) is 4.79 Å². The van der Waals surface area contributed by atoms with Crippen molar-refractivity contribution in [3.8, 4) is 5.75 Å². The molecule has 2 aliphatic rings. The minimum Gasteiger partial charge on any atom is -0.507 e. The first kappa shape index (κ1) is 21.8. The van der Waals surface area contributed by atoms with Gasteiger partial charge in [-0.2, -0.15) is 5.11 Å². The van der Waals surface area contributed by atoms with Crippen LogP contribution in [0, 0.1) is 0 Å². The molecule has 5 rings (SSSR count). The molecule has 2 fully saturated rings. The molecule has 1 saturated carbocycles. The van der Waals surface area contributed by atoms with Crippen LogP contribution >= 0.6 is 24.0 Å². The van der Waals surface area contributed by atoms with Gasteiger partial charge in [-0.15, -0.1) is 5.11 Å². The predicted octanol–water partition coefficient (Wildman–Crippen LogP) is 7.49. The lowest BCUT2D eigenvalue weighted by Gasteiger charge is -2.29. The van der Waals surface area contributed by atoms with Crippen molar-refractivity contribution in [3.05, 3.63) is 71.1 Å². The van der Waals surface area contributed by atoms with Gasteiger partial charge >= 0.3 is 0 Å². The second-order valence-corrected chi connectivity index (χ2v) is 9.96. The summed E-state index contributed by atoms with van der Waals surface area (Å²) in [5.74, 6) is 0.0149. The fraction of sp³-hybridized carbons (Fsp3) is 0.231. The van der Waals surface area contributed by atoms with Gasteiger partial charge in [-0.3, -0.25) is 9.69 Å². The van der Waals surface area contributed by atoms with E-state index in [1.165, 1.54) is 18.2 Å². The highest BCUT2D eigenvalue weighted by molar-refractivity contribution is 8.26. The van der Waals surface area contributed by atoms with Crippen LogP contribution in [0.15, 0.2) is 75.8 Å². The van der Waals surface area contributed by atoms with Crippen molar-refractivity contribution in [1.82, 2.24) is 4.90 Å². The van der Waals surface area contributed by atoms with Gasteiger partial charge in [0.25, 0.3) is 5.91 Å². The van der Waals surface area contributed by atoms with Crippen LogP contribution in [0.25, 0.3) is 16.8 Å². The van der Waals surface area contributed by atoms with Crippen LogP contribution in [-0.4, -0.2) is 26.3 Å². The molecule has 0 unspecified atom stereocenters. The van der Waals surface area contributed by atoms with Crippen molar-refractivity contribution in [2.45, 2.75) is 38.1 Å². The van der Waals surface area contributed by atoms with Crippen molar-refractivity contribution in [1.29, 1.82) is 0 Å².